The second kappa shape index (κ2) is 15.0. The number of furan rings is 2. The summed E-state index contributed by atoms with van der Waals surface area (Å²) < 4.78 is 84.5. The van der Waals surface area contributed by atoms with E-state index in [-0.39, 0.29) is 77.6 Å². The van der Waals surface area contributed by atoms with E-state index in [2.05, 4.69) is 4.18 Å². The van der Waals surface area contributed by atoms with E-state index in [0.717, 1.165) is 11.6 Å². The Labute approximate surface area is 287 Å². The molecule has 266 valence electrons. The molecule has 0 amide bonds. The molecule has 5 aromatic rings. The van der Waals surface area contributed by atoms with Gasteiger partial charge in [0, 0.05) is 22.9 Å². The second-order valence-electron chi connectivity index (χ2n) is 11.1. The first-order valence-corrected chi connectivity index (χ1v) is 16.9. The minimum absolute atomic E-state index is 0.00873. The van der Waals surface area contributed by atoms with Gasteiger partial charge >= 0.3 is 11.9 Å². The molecule has 0 fully saturated rings. The third-order valence-corrected chi connectivity index (χ3v) is 7.54. The van der Waals surface area contributed by atoms with Gasteiger partial charge in [-0.2, -0.15) is 0 Å². The summed E-state index contributed by atoms with van der Waals surface area (Å²) in [6.07, 6.45) is -0.0259. The Morgan fingerprint density at radius 1 is 0.800 bits per heavy atom. The predicted molar refractivity (Wildman–Crippen MR) is 177 cm³/mol. The van der Waals surface area contributed by atoms with Crippen molar-refractivity contribution in [2.24, 2.45) is 0 Å². The van der Waals surface area contributed by atoms with E-state index in [0.29, 0.717) is 22.5 Å². The molecule has 50 heavy (non-hydrogen) atoms. The van der Waals surface area contributed by atoms with E-state index in [9.17, 15) is 22.6 Å². The van der Waals surface area contributed by atoms with Crippen LogP contribution in [-0.2, 0) is 33.1 Å². The van der Waals surface area contributed by atoms with Crippen molar-refractivity contribution in [3.8, 4) is 28.7 Å². The van der Waals surface area contributed by atoms with Gasteiger partial charge < -0.3 is 46.0 Å². The molecule has 3 aromatic carbocycles. The van der Waals surface area contributed by atoms with Crippen molar-refractivity contribution < 1.29 is 64.0 Å². The zero-order chi connectivity index (χ0) is 36.2. The quantitative estimate of drug-likeness (QED) is 0.0640. The number of aryl methyl sites for hydroxylation is 1. The SMILES string of the molecule is CCOC(=O)c1c(C)oc2cc(OCc3cccc(OC(C)C)c3)c(OCc3oc4cc(OC)c(OS(=O)(=O)[O-])cc4c3C(=O)OCC)cc12. The number of methoxy groups -OCH3 is 1. The Bertz CT molecular complexity index is 2140. The molecule has 5 rings (SSSR count). The molecule has 0 atom stereocenters. The minimum Gasteiger partial charge on any atom is -0.716 e. The van der Waals surface area contributed by atoms with Crippen molar-refractivity contribution in [3.63, 3.8) is 0 Å². The summed E-state index contributed by atoms with van der Waals surface area (Å²) in [6, 6.07) is 12.9. The lowest BCUT2D eigenvalue weighted by Gasteiger charge is -2.14. The number of carbonyl (C=O) groups is 2. The largest absolute Gasteiger partial charge is 0.716 e. The number of rotatable bonds is 15. The molecule has 0 aliphatic rings. The highest BCUT2D eigenvalue weighted by molar-refractivity contribution is 7.81. The lowest BCUT2D eigenvalue weighted by Crippen LogP contribution is -2.10. The minimum atomic E-state index is -5.19. The molecule has 14 nitrogen and oxygen atoms in total. The van der Waals surface area contributed by atoms with Crippen LogP contribution >= 0.6 is 0 Å². The van der Waals surface area contributed by atoms with Crippen molar-refractivity contribution in [3.05, 3.63) is 76.7 Å². The first-order chi connectivity index (χ1) is 23.8. The maximum absolute atomic E-state index is 13.2. The molecular weight excluding hydrogens is 676 g/mol. The average Bonchev–Trinajstić information content (AvgIpc) is 3.56. The van der Waals surface area contributed by atoms with Gasteiger partial charge in [0.05, 0.1) is 26.4 Å². The molecule has 0 radical (unpaired) electrons. The first-order valence-electron chi connectivity index (χ1n) is 15.5. The summed E-state index contributed by atoms with van der Waals surface area (Å²) in [5.74, 6) is -0.607. The van der Waals surface area contributed by atoms with Gasteiger partial charge in [-0.1, -0.05) is 12.1 Å². The van der Waals surface area contributed by atoms with Crippen LogP contribution in [0.4, 0.5) is 0 Å². The van der Waals surface area contributed by atoms with E-state index >= 15 is 0 Å². The number of benzene rings is 3. The average molecular weight is 712 g/mol. The zero-order valence-corrected chi connectivity index (χ0v) is 29.0. The highest BCUT2D eigenvalue weighted by Gasteiger charge is 2.27. The molecule has 0 aliphatic carbocycles. The number of ether oxygens (including phenoxy) is 6. The van der Waals surface area contributed by atoms with Crippen LogP contribution < -0.4 is 23.1 Å². The van der Waals surface area contributed by atoms with Crippen molar-refractivity contribution in [1.29, 1.82) is 0 Å². The summed E-state index contributed by atoms with van der Waals surface area (Å²) in [7, 11) is -3.96. The van der Waals surface area contributed by atoms with Gasteiger partial charge in [-0.25, -0.2) is 18.0 Å². The number of esters is 2. The Hall–Kier alpha value is -5.41. The van der Waals surface area contributed by atoms with Gasteiger partial charge in [0.1, 0.15) is 47.0 Å². The van der Waals surface area contributed by atoms with E-state index in [1.807, 2.05) is 38.1 Å². The molecule has 0 aliphatic heterocycles. The summed E-state index contributed by atoms with van der Waals surface area (Å²) >= 11 is 0. The standard InChI is InChI=1S/C35H36O14S/c1-7-42-34(36)32-20(5)47-25-16-29(44-17-21-10-9-11-22(12-21)46-19(3)4)28(13-23(25)32)45-18-31-33(35(37)43-8-2)24-14-30(49-50(38,39)40)27(41-6)15-26(24)48-31/h9-16,19H,7-8,17-18H2,1-6H3,(H,38,39,40)/p-1. The summed E-state index contributed by atoms with van der Waals surface area (Å²) in [5.41, 5.74) is 1.33. The number of hydrogen-bond donors (Lipinski definition) is 0. The number of hydrogen-bond acceptors (Lipinski definition) is 14. The molecule has 0 N–H and O–H groups in total. The van der Waals surface area contributed by atoms with Gasteiger partial charge in [-0.15, -0.1) is 0 Å². The third kappa shape index (κ3) is 8.06. The van der Waals surface area contributed by atoms with Crippen LogP contribution in [-0.4, -0.2) is 51.3 Å². The topological polar surface area (TPSA) is 182 Å². The van der Waals surface area contributed by atoms with Crippen molar-refractivity contribution in [2.45, 2.75) is 53.9 Å². The van der Waals surface area contributed by atoms with E-state index < -0.39 is 28.1 Å². The lowest BCUT2D eigenvalue weighted by atomic mass is 10.1. The molecule has 2 heterocycles. The van der Waals surface area contributed by atoms with Crippen LogP contribution in [0.25, 0.3) is 21.9 Å². The Morgan fingerprint density at radius 3 is 2.06 bits per heavy atom. The maximum Gasteiger partial charge on any atom is 0.342 e. The smallest absolute Gasteiger partial charge is 0.342 e. The van der Waals surface area contributed by atoms with Gasteiger partial charge in [-0.3, -0.25) is 0 Å². The predicted octanol–water partition coefficient (Wildman–Crippen LogP) is 6.63. The Morgan fingerprint density at radius 2 is 1.40 bits per heavy atom. The zero-order valence-electron chi connectivity index (χ0n) is 28.1. The molecule has 0 saturated heterocycles. The monoisotopic (exact) mass is 711 g/mol. The molecule has 0 spiro atoms. The van der Waals surface area contributed by atoms with Crippen LogP contribution in [0.3, 0.4) is 0 Å². The molecule has 0 saturated carbocycles. The summed E-state index contributed by atoms with van der Waals surface area (Å²) in [6.45, 7) is 8.67. The normalized spacial score (nSPS) is 11.5. The molecule has 2 aromatic heterocycles. The second-order valence-corrected chi connectivity index (χ2v) is 12.0. The molecule has 0 unspecified atom stereocenters. The van der Waals surface area contributed by atoms with Gasteiger partial charge in [0.25, 0.3) is 10.4 Å². The van der Waals surface area contributed by atoms with Crippen LogP contribution in [0.2, 0.25) is 0 Å². The van der Waals surface area contributed by atoms with Crippen LogP contribution in [0.15, 0.2) is 57.4 Å². The van der Waals surface area contributed by atoms with Crippen molar-refractivity contribution in [2.75, 3.05) is 20.3 Å². The summed E-state index contributed by atoms with van der Waals surface area (Å²) in [5, 5.41) is 0.475. The Balaban J connectivity index is 1.57. The molecule has 0 bridgehead atoms. The van der Waals surface area contributed by atoms with Gasteiger partial charge in [0.15, 0.2) is 28.8 Å². The lowest BCUT2D eigenvalue weighted by molar-refractivity contribution is 0.0514. The van der Waals surface area contributed by atoms with Crippen LogP contribution in [0, 0.1) is 6.92 Å². The highest BCUT2D eigenvalue weighted by atomic mass is 32.3. The fraction of sp³-hybridized carbons (Fsp3) is 0.314. The van der Waals surface area contributed by atoms with E-state index in [4.69, 9.17) is 37.3 Å². The summed E-state index contributed by atoms with van der Waals surface area (Å²) in [4.78, 5) is 26.1. The van der Waals surface area contributed by atoms with E-state index in [1.165, 1.54) is 13.2 Å². The molecular formula is C35H35O14S-. The molecule has 15 heteroatoms. The fourth-order valence-electron chi connectivity index (χ4n) is 5.21. The van der Waals surface area contributed by atoms with E-state index in [1.54, 1.807) is 32.9 Å². The number of carbonyl (C=O) groups excluding carboxylic acids is 2. The third-order valence-electron chi connectivity index (χ3n) is 7.15. The highest BCUT2D eigenvalue weighted by Crippen LogP contribution is 2.40. The first kappa shape index (κ1) is 35.9. The maximum atomic E-state index is 13.2. The van der Waals surface area contributed by atoms with Crippen LogP contribution in [0.1, 0.15) is 65.5 Å². The van der Waals surface area contributed by atoms with Crippen molar-refractivity contribution in [1.82, 2.24) is 0 Å². The van der Waals surface area contributed by atoms with Crippen molar-refractivity contribution >= 4 is 44.3 Å². The fourth-order valence-corrected chi connectivity index (χ4v) is 5.56. The van der Waals surface area contributed by atoms with Crippen LogP contribution in [0.5, 0.6) is 28.7 Å². The van der Waals surface area contributed by atoms with Gasteiger partial charge in [0.2, 0.25) is 0 Å². The Kier molecular flexibility index (Phi) is 10.8. The van der Waals surface area contributed by atoms with Gasteiger partial charge in [-0.05, 0) is 64.4 Å². The number of fused-ring (bicyclic) bond motifs is 2.